The fourth-order valence-corrected chi connectivity index (χ4v) is 2.69. The first-order chi connectivity index (χ1) is 7.38. The average Bonchev–Trinajstić information content (AvgIpc) is 2.31. The van der Waals surface area contributed by atoms with Crippen LogP contribution in [0.4, 0.5) is 0 Å². The Kier molecular flexibility index (Phi) is 5.52. The normalized spacial score (nSPS) is 10.3. The summed E-state index contributed by atoms with van der Waals surface area (Å²) in [6, 6.07) is 19.5. The van der Waals surface area contributed by atoms with Gasteiger partial charge in [0.2, 0.25) is 0 Å². The summed E-state index contributed by atoms with van der Waals surface area (Å²) >= 11 is 0. The summed E-state index contributed by atoms with van der Waals surface area (Å²) in [6.45, 7) is 2.20. The van der Waals surface area contributed by atoms with Gasteiger partial charge in [-0.3, -0.25) is 0 Å². The molecule has 0 bridgehead atoms. The minimum absolute atomic E-state index is 0. The number of hydrogen-bond donors (Lipinski definition) is 0. The van der Waals surface area contributed by atoms with Crippen LogP contribution in [-0.4, -0.2) is 0 Å². The van der Waals surface area contributed by atoms with Crippen molar-refractivity contribution in [2.24, 2.45) is 0 Å². The largest absolute Gasteiger partial charge is 0.147 e. The van der Waals surface area contributed by atoms with E-state index in [1.807, 2.05) is 0 Å². The molecular formula is C14H16ClP. The molecule has 2 aromatic rings. The SMILES string of the molecule is CCc1cccc(Pc2ccccc2)c1.Cl. The predicted octanol–water partition coefficient (Wildman–Crippen LogP) is 3.30. The van der Waals surface area contributed by atoms with E-state index in [9.17, 15) is 0 Å². The van der Waals surface area contributed by atoms with E-state index in [1.165, 1.54) is 16.2 Å². The first-order valence-corrected chi connectivity index (χ1v) is 6.29. The van der Waals surface area contributed by atoms with Crippen molar-refractivity contribution in [3.8, 4) is 0 Å². The minimum atomic E-state index is 0. The van der Waals surface area contributed by atoms with Crippen LogP contribution in [0.5, 0.6) is 0 Å². The molecule has 0 aliphatic rings. The Bertz CT molecular complexity index is 426. The van der Waals surface area contributed by atoms with Crippen molar-refractivity contribution in [3.63, 3.8) is 0 Å². The molecule has 16 heavy (non-hydrogen) atoms. The van der Waals surface area contributed by atoms with Crippen molar-refractivity contribution in [2.45, 2.75) is 13.3 Å². The van der Waals surface area contributed by atoms with Gasteiger partial charge in [-0.2, -0.15) is 0 Å². The molecule has 1 unspecified atom stereocenters. The van der Waals surface area contributed by atoms with Crippen LogP contribution in [-0.2, 0) is 6.42 Å². The zero-order valence-electron chi connectivity index (χ0n) is 9.31. The Labute approximate surface area is 105 Å². The smallest absolute Gasteiger partial charge is 0.0223 e. The third-order valence-corrected chi connectivity index (χ3v) is 3.62. The van der Waals surface area contributed by atoms with Crippen molar-refractivity contribution < 1.29 is 0 Å². The molecule has 84 valence electrons. The van der Waals surface area contributed by atoms with Crippen molar-refractivity contribution >= 4 is 31.6 Å². The Balaban J connectivity index is 0.00000128. The molecule has 0 fully saturated rings. The molecule has 0 saturated heterocycles. The first-order valence-electron chi connectivity index (χ1n) is 5.29. The Hall–Kier alpha value is -0.840. The third-order valence-electron chi connectivity index (χ3n) is 2.40. The van der Waals surface area contributed by atoms with Gasteiger partial charge < -0.3 is 0 Å². The standard InChI is InChI=1S/C14H15P.ClH/c1-2-12-7-6-10-14(11-12)15-13-8-4-3-5-9-13;/h3-11,15H,2H2,1H3;1H. The van der Waals surface area contributed by atoms with Gasteiger partial charge >= 0.3 is 0 Å². The molecule has 2 heteroatoms. The molecule has 0 aromatic heterocycles. The zero-order chi connectivity index (χ0) is 10.5. The number of rotatable bonds is 3. The van der Waals surface area contributed by atoms with Crippen LogP contribution < -0.4 is 10.6 Å². The molecule has 0 nitrogen and oxygen atoms in total. The van der Waals surface area contributed by atoms with Crippen LogP contribution in [0.2, 0.25) is 0 Å². The molecule has 0 N–H and O–H groups in total. The van der Waals surface area contributed by atoms with E-state index in [1.54, 1.807) is 0 Å². The second kappa shape index (κ2) is 6.68. The summed E-state index contributed by atoms with van der Waals surface area (Å²) in [5.74, 6) is 0. The number of hydrogen-bond acceptors (Lipinski definition) is 0. The summed E-state index contributed by atoms with van der Waals surface area (Å²) in [5, 5.41) is 2.84. The van der Waals surface area contributed by atoms with Gasteiger partial charge in [-0.15, -0.1) is 12.4 Å². The van der Waals surface area contributed by atoms with Gasteiger partial charge in [-0.05, 0) is 22.6 Å². The van der Waals surface area contributed by atoms with E-state index in [2.05, 4.69) is 61.5 Å². The Morgan fingerprint density at radius 2 is 1.56 bits per heavy atom. The van der Waals surface area contributed by atoms with Gasteiger partial charge in [0.05, 0.1) is 0 Å². The monoisotopic (exact) mass is 250 g/mol. The van der Waals surface area contributed by atoms with Crippen LogP contribution in [0.25, 0.3) is 0 Å². The maximum absolute atomic E-state index is 2.31. The second-order valence-corrected chi connectivity index (χ2v) is 4.95. The van der Waals surface area contributed by atoms with Crippen LogP contribution in [0.1, 0.15) is 12.5 Å². The predicted molar refractivity (Wildman–Crippen MR) is 77.1 cm³/mol. The molecular weight excluding hydrogens is 235 g/mol. The van der Waals surface area contributed by atoms with Crippen LogP contribution in [0, 0.1) is 0 Å². The minimum Gasteiger partial charge on any atom is -0.147 e. The fraction of sp³-hybridized carbons (Fsp3) is 0.143. The number of benzene rings is 2. The van der Waals surface area contributed by atoms with E-state index in [-0.39, 0.29) is 12.4 Å². The molecule has 0 spiro atoms. The highest BCUT2D eigenvalue weighted by atomic mass is 35.5. The maximum atomic E-state index is 2.31. The molecule has 1 atom stereocenters. The van der Waals surface area contributed by atoms with E-state index >= 15 is 0 Å². The molecule has 0 heterocycles. The molecule has 0 aliphatic carbocycles. The van der Waals surface area contributed by atoms with Crippen LogP contribution in [0.3, 0.4) is 0 Å². The summed E-state index contributed by atoms with van der Waals surface area (Å²) in [7, 11) is 0.776. The van der Waals surface area contributed by atoms with Crippen LogP contribution >= 0.6 is 21.0 Å². The van der Waals surface area contributed by atoms with Gasteiger partial charge in [-0.25, -0.2) is 0 Å². The van der Waals surface area contributed by atoms with E-state index < -0.39 is 0 Å². The first kappa shape index (κ1) is 13.2. The Morgan fingerprint density at radius 1 is 0.875 bits per heavy atom. The lowest BCUT2D eigenvalue weighted by Crippen LogP contribution is -2.03. The van der Waals surface area contributed by atoms with Crippen molar-refractivity contribution in [2.75, 3.05) is 0 Å². The summed E-state index contributed by atoms with van der Waals surface area (Å²) in [5.41, 5.74) is 1.43. The lowest BCUT2D eigenvalue weighted by molar-refractivity contribution is 1.14. The average molecular weight is 251 g/mol. The lowest BCUT2D eigenvalue weighted by atomic mass is 10.2. The maximum Gasteiger partial charge on any atom is -0.0223 e. The molecule has 0 saturated carbocycles. The lowest BCUT2D eigenvalue weighted by Gasteiger charge is -2.03. The second-order valence-electron chi connectivity index (χ2n) is 3.54. The molecule has 0 aliphatic heterocycles. The summed E-state index contributed by atoms with van der Waals surface area (Å²) < 4.78 is 0. The molecule has 0 radical (unpaired) electrons. The van der Waals surface area contributed by atoms with Crippen molar-refractivity contribution in [3.05, 3.63) is 60.2 Å². The topological polar surface area (TPSA) is 0 Å². The highest BCUT2D eigenvalue weighted by Gasteiger charge is 1.96. The van der Waals surface area contributed by atoms with Gasteiger partial charge in [0.1, 0.15) is 0 Å². The van der Waals surface area contributed by atoms with E-state index in [0.717, 1.165) is 15.0 Å². The number of aryl methyl sites for hydroxylation is 1. The highest BCUT2D eigenvalue weighted by Crippen LogP contribution is 2.11. The molecule has 2 rings (SSSR count). The molecule has 2 aromatic carbocycles. The van der Waals surface area contributed by atoms with E-state index in [0.29, 0.717) is 0 Å². The highest BCUT2D eigenvalue weighted by molar-refractivity contribution is 7.55. The summed E-state index contributed by atoms with van der Waals surface area (Å²) in [4.78, 5) is 0. The van der Waals surface area contributed by atoms with Gasteiger partial charge in [0.15, 0.2) is 0 Å². The van der Waals surface area contributed by atoms with Crippen LogP contribution in [0.15, 0.2) is 54.6 Å². The van der Waals surface area contributed by atoms with Gasteiger partial charge in [0.25, 0.3) is 0 Å². The quantitative estimate of drug-likeness (QED) is 0.734. The molecule has 0 amide bonds. The van der Waals surface area contributed by atoms with E-state index in [4.69, 9.17) is 0 Å². The third kappa shape index (κ3) is 3.63. The zero-order valence-corrected chi connectivity index (χ0v) is 11.1. The van der Waals surface area contributed by atoms with Gasteiger partial charge in [-0.1, -0.05) is 70.1 Å². The fourth-order valence-electron chi connectivity index (χ4n) is 1.56. The van der Waals surface area contributed by atoms with Gasteiger partial charge in [0, 0.05) is 0 Å². The summed E-state index contributed by atoms with van der Waals surface area (Å²) in [6.07, 6.45) is 1.12. The van der Waals surface area contributed by atoms with Crippen molar-refractivity contribution in [1.82, 2.24) is 0 Å². The number of halogens is 1. The Morgan fingerprint density at radius 3 is 2.25 bits per heavy atom. The van der Waals surface area contributed by atoms with Crippen molar-refractivity contribution in [1.29, 1.82) is 0 Å².